The Balaban J connectivity index is 2.46. The third-order valence-corrected chi connectivity index (χ3v) is 4.46. The van der Waals surface area contributed by atoms with Crippen LogP contribution in [0.25, 0.3) is 0 Å². The summed E-state index contributed by atoms with van der Waals surface area (Å²) < 4.78 is 65.0. The van der Waals surface area contributed by atoms with Crippen molar-refractivity contribution in [1.82, 2.24) is 0 Å². The number of aryl methyl sites for hydroxylation is 1. The number of alkyl halides is 3. The van der Waals surface area contributed by atoms with Crippen LogP contribution in [-0.4, -0.2) is 8.42 Å². The van der Waals surface area contributed by atoms with E-state index in [1.807, 2.05) is 0 Å². The Labute approximate surface area is 132 Å². The van der Waals surface area contributed by atoms with Gasteiger partial charge in [-0.05, 0) is 37.3 Å². The van der Waals surface area contributed by atoms with Crippen molar-refractivity contribution < 1.29 is 21.6 Å². The lowest BCUT2D eigenvalue weighted by atomic mass is 10.1. The molecule has 23 heavy (non-hydrogen) atoms. The monoisotopic (exact) mass is 339 g/mol. The summed E-state index contributed by atoms with van der Waals surface area (Å²) in [5.74, 6) is 2.16. The molecule has 0 fully saturated rings. The highest BCUT2D eigenvalue weighted by molar-refractivity contribution is 7.92. The van der Waals surface area contributed by atoms with Gasteiger partial charge in [0.05, 0.1) is 16.1 Å². The fourth-order valence-corrected chi connectivity index (χ4v) is 2.92. The summed E-state index contributed by atoms with van der Waals surface area (Å²) in [5.41, 5.74) is -0.401. The fourth-order valence-electron chi connectivity index (χ4n) is 1.85. The van der Waals surface area contributed by atoms with E-state index in [9.17, 15) is 21.6 Å². The Morgan fingerprint density at radius 1 is 1.09 bits per heavy atom. The van der Waals surface area contributed by atoms with Crippen molar-refractivity contribution in [3.63, 3.8) is 0 Å². The van der Waals surface area contributed by atoms with Gasteiger partial charge in [-0.3, -0.25) is 4.72 Å². The zero-order valence-corrected chi connectivity index (χ0v) is 12.8. The molecule has 0 atom stereocenters. The van der Waals surface area contributed by atoms with Crippen LogP contribution in [0.15, 0.2) is 47.4 Å². The van der Waals surface area contributed by atoms with Crippen molar-refractivity contribution in [3.05, 3.63) is 59.2 Å². The number of hydrogen-bond donors (Lipinski definition) is 1. The molecule has 0 saturated carbocycles. The van der Waals surface area contributed by atoms with Crippen molar-refractivity contribution in [1.29, 1.82) is 0 Å². The molecule has 2 aromatic rings. The third kappa shape index (κ3) is 3.85. The molecule has 0 radical (unpaired) electrons. The highest BCUT2D eigenvalue weighted by atomic mass is 32.2. The van der Waals surface area contributed by atoms with Gasteiger partial charge < -0.3 is 0 Å². The van der Waals surface area contributed by atoms with Gasteiger partial charge in [0.15, 0.2) is 0 Å². The van der Waals surface area contributed by atoms with Crippen molar-refractivity contribution in [2.24, 2.45) is 0 Å². The minimum Gasteiger partial charge on any atom is -0.278 e. The fraction of sp³-hybridized carbons (Fsp3) is 0.125. The topological polar surface area (TPSA) is 46.2 Å². The molecule has 0 aromatic heterocycles. The minimum atomic E-state index is -4.60. The van der Waals surface area contributed by atoms with Gasteiger partial charge in [-0.1, -0.05) is 23.6 Å². The number of benzene rings is 2. The molecular weight excluding hydrogens is 327 g/mol. The van der Waals surface area contributed by atoms with Gasteiger partial charge in [-0.15, -0.1) is 6.42 Å². The van der Waals surface area contributed by atoms with Gasteiger partial charge in [-0.2, -0.15) is 13.2 Å². The molecule has 120 valence electrons. The van der Waals surface area contributed by atoms with Crippen molar-refractivity contribution in [2.75, 3.05) is 4.72 Å². The number of sulfonamides is 1. The third-order valence-electron chi connectivity index (χ3n) is 3.08. The molecule has 0 saturated heterocycles. The van der Waals surface area contributed by atoms with E-state index < -0.39 is 21.8 Å². The van der Waals surface area contributed by atoms with E-state index in [2.05, 4.69) is 10.6 Å². The molecule has 0 heterocycles. The standard InChI is InChI=1S/C16H12F3NO2S/c1-3-12-6-7-13(16(17,18)19)10-15(12)20-23(21,22)14-8-4-11(2)5-9-14/h1,4-10,20H,2H3. The Hall–Kier alpha value is -2.46. The summed E-state index contributed by atoms with van der Waals surface area (Å²) in [5, 5.41) is 0. The van der Waals surface area contributed by atoms with Crippen molar-refractivity contribution in [2.45, 2.75) is 18.0 Å². The van der Waals surface area contributed by atoms with Crippen LogP contribution < -0.4 is 4.72 Å². The highest BCUT2D eigenvalue weighted by Gasteiger charge is 2.31. The lowest BCUT2D eigenvalue weighted by molar-refractivity contribution is -0.137. The molecule has 0 spiro atoms. The van der Waals surface area contributed by atoms with Crippen LogP contribution in [0.2, 0.25) is 0 Å². The first-order chi connectivity index (χ1) is 10.6. The van der Waals surface area contributed by atoms with E-state index >= 15 is 0 Å². The number of terminal acetylenes is 1. The summed E-state index contributed by atoms with van der Waals surface area (Å²) >= 11 is 0. The Morgan fingerprint density at radius 3 is 2.22 bits per heavy atom. The largest absolute Gasteiger partial charge is 0.416 e. The Bertz CT molecular complexity index is 864. The Morgan fingerprint density at radius 2 is 1.70 bits per heavy atom. The quantitative estimate of drug-likeness (QED) is 0.865. The molecule has 3 nitrogen and oxygen atoms in total. The normalized spacial score (nSPS) is 11.8. The van der Waals surface area contributed by atoms with Crippen LogP contribution in [-0.2, 0) is 16.2 Å². The van der Waals surface area contributed by atoms with Crippen LogP contribution in [0.1, 0.15) is 16.7 Å². The maximum atomic E-state index is 12.8. The predicted molar refractivity (Wildman–Crippen MR) is 81.4 cm³/mol. The number of rotatable bonds is 3. The lowest BCUT2D eigenvalue weighted by Crippen LogP contribution is -2.15. The second kappa shape index (κ2) is 5.97. The zero-order valence-electron chi connectivity index (χ0n) is 12.0. The van der Waals surface area contributed by atoms with Crippen LogP contribution in [0.4, 0.5) is 18.9 Å². The SMILES string of the molecule is C#Cc1ccc(C(F)(F)F)cc1NS(=O)(=O)c1ccc(C)cc1. The first-order valence-corrected chi connectivity index (χ1v) is 7.89. The van der Waals surface area contributed by atoms with Gasteiger partial charge in [0.1, 0.15) is 0 Å². The van der Waals surface area contributed by atoms with Crippen LogP contribution in [0.3, 0.4) is 0 Å². The van der Waals surface area contributed by atoms with Crippen LogP contribution in [0.5, 0.6) is 0 Å². The molecule has 1 N–H and O–H groups in total. The first kappa shape index (κ1) is 16.9. The average Bonchev–Trinajstić information content (AvgIpc) is 2.46. The van der Waals surface area contributed by atoms with Gasteiger partial charge >= 0.3 is 6.18 Å². The molecular formula is C16H12F3NO2S. The molecule has 0 amide bonds. The smallest absolute Gasteiger partial charge is 0.278 e. The van der Waals surface area contributed by atoms with Gasteiger partial charge in [0.2, 0.25) is 0 Å². The molecule has 2 aromatic carbocycles. The second-order valence-corrected chi connectivity index (χ2v) is 6.50. The second-order valence-electron chi connectivity index (χ2n) is 4.82. The maximum absolute atomic E-state index is 12.8. The molecule has 0 aliphatic rings. The van der Waals surface area contributed by atoms with E-state index in [1.165, 1.54) is 12.1 Å². The summed E-state index contributed by atoms with van der Waals surface area (Å²) in [6.45, 7) is 1.78. The lowest BCUT2D eigenvalue weighted by Gasteiger charge is -2.13. The van der Waals surface area contributed by atoms with Crippen LogP contribution in [0, 0.1) is 19.3 Å². The highest BCUT2D eigenvalue weighted by Crippen LogP contribution is 2.32. The summed E-state index contributed by atoms with van der Waals surface area (Å²) in [6, 6.07) is 8.43. The van der Waals surface area contributed by atoms with E-state index in [0.717, 1.165) is 17.7 Å². The number of halogens is 3. The van der Waals surface area contributed by atoms with Gasteiger partial charge in [0.25, 0.3) is 10.0 Å². The molecule has 7 heteroatoms. The van der Waals surface area contributed by atoms with E-state index in [4.69, 9.17) is 6.42 Å². The van der Waals surface area contributed by atoms with E-state index in [-0.39, 0.29) is 16.1 Å². The van der Waals surface area contributed by atoms with E-state index in [0.29, 0.717) is 6.07 Å². The maximum Gasteiger partial charge on any atom is 0.416 e. The van der Waals surface area contributed by atoms with E-state index in [1.54, 1.807) is 19.1 Å². The molecule has 2 rings (SSSR count). The van der Waals surface area contributed by atoms with Gasteiger partial charge in [-0.25, -0.2) is 8.42 Å². The summed E-state index contributed by atoms with van der Waals surface area (Å²) in [4.78, 5) is -0.0662. The number of nitrogens with one attached hydrogen (secondary N) is 1. The van der Waals surface area contributed by atoms with Crippen molar-refractivity contribution >= 4 is 15.7 Å². The molecule has 0 aliphatic heterocycles. The summed E-state index contributed by atoms with van der Waals surface area (Å²) in [7, 11) is -4.04. The van der Waals surface area contributed by atoms with Crippen molar-refractivity contribution in [3.8, 4) is 12.3 Å². The summed E-state index contributed by atoms with van der Waals surface area (Å²) in [6.07, 6.45) is 0.621. The minimum absolute atomic E-state index is 0.0219. The number of hydrogen-bond acceptors (Lipinski definition) is 2. The van der Waals surface area contributed by atoms with Gasteiger partial charge in [0, 0.05) is 5.56 Å². The molecule has 0 aliphatic carbocycles. The molecule has 0 bridgehead atoms. The predicted octanol–water partition coefficient (Wildman–Crippen LogP) is 3.80. The zero-order chi connectivity index (χ0) is 17.3. The first-order valence-electron chi connectivity index (χ1n) is 6.41. The average molecular weight is 339 g/mol. The molecule has 0 unspecified atom stereocenters. The Kier molecular flexibility index (Phi) is 4.39. The number of anilines is 1. The van der Waals surface area contributed by atoms with Crippen LogP contribution >= 0.6 is 0 Å².